The first-order valence-corrected chi connectivity index (χ1v) is 7.54. The fraction of sp³-hybridized carbons (Fsp3) is 0.364. The average Bonchev–Trinajstić information content (AvgIpc) is 2.95. The lowest BCUT2D eigenvalue weighted by Gasteiger charge is -2.02. The van der Waals surface area contributed by atoms with Crippen LogP contribution in [0.5, 0.6) is 0 Å². The van der Waals surface area contributed by atoms with E-state index in [0.29, 0.717) is 5.82 Å². The molecule has 10 heteroatoms. The molecule has 2 rings (SSSR count). The summed E-state index contributed by atoms with van der Waals surface area (Å²) >= 11 is 0. The number of aromatic amines is 1. The first-order chi connectivity index (χ1) is 9.70. The molecule has 0 aliphatic heterocycles. The van der Waals surface area contributed by atoms with Crippen molar-refractivity contribution in [1.82, 2.24) is 19.7 Å². The fourth-order valence-corrected chi connectivity index (χ4v) is 2.57. The maximum Gasteiger partial charge on any atom is 0.354 e. The van der Waals surface area contributed by atoms with Crippen LogP contribution >= 0.6 is 0 Å². The second-order valence-electron chi connectivity index (χ2n) is 4.74. The molecule has 0 spiro atoms. The number of carboxylic acid groups (broad SMARTS) is 1. The molecule has 0 fully saturated rings. The molecular formula is C11H15N5O4S. The Morgan fingerprint density at radius 1 is 1.48 bits per heavy atom. The van der Waals surface area contributed by atoms with Gasteiger partial charge in [0.15, 0.2) is 10.8 Å². The fourth-order valence-electron chi connectivity index (χ4n) is 1.66. The maximum absolute atomic E-state index is 12.1. The Labute approximate surface area is 121 Å². The van der Waals surface area contributed by atoms with Crippen molar-refractivity contribution in [2.45, 2.75) is 24.8 Å². The van der Waals surface area contributed by atoms with Crippen molar-refractivity contribution in [3.63, 3.8) is 0 Å². The molecule has 0 aromatic carbocycles. The van der Waals surface area contributed by atoms with Crippen LogP contribution in [0.1, 0.15) is 36.1 Å². The van der Waals surface area contributed by atoms with E-state index >= 15 is 0 Å². The van der Waals surface area contributed by atoms with E-state index in [4.69, 9.17) is 5.11 Å². The minimum absolute atomic E-state index is 0.0578. The van der Waals surface area contributed by atoms with Gasteiger partial charge in [-0.1, -0.05) is 13.8 Å². The van der Waals surface area contributed by atoms with Gasteiger partial charge in [0, 0.05) is 19.0 Å². The Hall–Kier alpha value is -2.36. The highest BCUT2D eigenvalue weighted by Gasteiger charge is 2.21. The Morgan fingerprint density at radius 2 is 2.14 bits per heavy atom. The number of sulfonamides is 1. The van der Waals surface area contributed by atoms with Gasteiger partial charge in [0.25, 0.3) is 10.0 Å². The largest absolute Gasteiger partial charge is 0.477 e. The SMILES string of the molecule is CC(C)c1ncc(S(=O)(=O)Nc2cc(C(=O)O)n(C)n2)[nH]1. The first kappa shape index (κ1) is 15.0. The third-order valence-electron chi connectivity index (χ3n) is 2.75. The van der Waals surface area contributed by atoms with Crippen molar-refractivity contribution in [1.29, 1.82) is 0 Å². The highest BCUT2D eigenvalue weighted by molar-refractivity contribution is 7.92. The van der Waals surface area contributed by atoms with Gasteiger partial charge < -0.3 is 10.1 Å². The molecule has 0 aliphatic rings. The molecule has 0 saturated carbocycles. The summed E-state index contributed by atoms with van der Waals surface area (Å²) in [5.41, 5.74) is -0.125. The molecule has 2 aromatic heterocycles. The number of carbonyl (C=O) groups is 1. The van der Waals surface area contributed by atoms with Crippen LogP contribution in [0.15, 0.2) is 17.3 Å². The lowest BCUT2D eigenvalue weighted by molar-refractivity contribution is 0.0685. The third kappa shape index (κ3) is 3.05. The number of imidazole rings is 1. The summed E-state index contributed by atoms with van der Waals surface area (Å²) in [6.07, 6.45) is 1.21. The number of rotatable bonds is 5. The molecule has 2 aromatic rings. The smallest absolute Gasteiger partial charge is 0.354 e. The molecule has 9 nitrogen and oxygen atoms in total. The summed E-state index contributed by atoms with van der Waals surface area (Å²) in [5.74, 6) is -0.667. The third-order valence-corrected chi connectivity index (χ3v) is 4.01. The van der Waals surface area contributed by atoms with E-state index in [9.17, 15) is 13.2 Å². The van der Waals surface area contributed by atoms with E-state index in [0.717, 1.165) is 10.7 Å². The van der Waals surface area contributed by atoms with Gasteiger partial charge in [-0.2, -0.15) is 13.5 Å². The van der Waals surface area contributed by atoms with Gasteiger partial charge >= 0.3 is 5.97 Å². The number of H-pyrrole nitrogens is 1. The molecule has 0 unspecified atom stereocenters. The topological polar surface area (TPSA) is 130 Å². The number of nitrogens with one attached hydrogen (secondary N) is 2. The van der Waals surface area contributed by atoms with Gasteiger partial charge in [0.05, 0.1) is 6.20 Å². The van der Waals surface area contributed by atoms with Crippen molar-refractivity contribution >= 4 is 21.8 Å². The first-order valence-electron chi connectivity index (χ1n) is 6.05. The average molecular weight is 313 g/mol. The Kier molecular flexibility index (Phi) is 3.73. The van der Waals surface area contributed by atoms with Crippen molar-refractivity contribution in [2.24, 2.45) is 7.05 Å². The molecule has 0 atom stereocenters. The quantitative estimate of drug-likeness (QED) is 0.747. The van der Waals surface area contributed by atoms with Gasteiger partial charge in [0.1, 0.15) is 11.5 Å². The highest BCUT2D eigenvalue weighted by Crippen LogP contribution is 2.17. The minimum atomic E-state index is -3.89. The van der Waals surface area contributed by atoms with E-state index in [1.165, 1.54) is 13.2 Å². The van der Waals surface area contributed by atoms with Crippen LogP contribution in [0.4, 0.5) is 5.82 Å². The Morgan fingerprint density at radius 3 is 2.62 bits per heavy atom. The molecule has 114 valence electrons. The van der Waals surface area contributed by atoms with E-state index in [2.05, 4.69) is 19.8 Å². The van der Waals surface area contributed by atoms with E-state index in [-0.39, 0.29) is 22.5 Å². The van der Waals surface area contributed by atoms with Crippen LogP contribution in [0.25, 0.3) is 0 Å². The van der Waals surface area contributed by atoms with Crippen LogP contribution in [0.2, 0.25) is 0 Å². The zero-order chi connectivity index (χ0) is 15.8. The highest BCUT2D eigenvalue weighted by atomic mass is 32.2. The summed E-state index contributed by atoms with van der Waals surface area (Å²) in [6, 6.07) is 1.14. The zero-order valence-corrected chi connectivity index (χ0v) is 12.5. The minimum Gasteiger partial charge on any atom is -0.477 e. The van der Waals surface area contributed by atoms with Crippen molar-refractivity contribution in [2.75, 3.05) is 4.72 Å². The number of hydrogen-bond acceptors (Lipinski definition) is 5. The molecule has 0 amide bonds. The summed E-state index contributed by atoms with van der Waals surface area (Å²) in [5, 5.41) is 12.6. The predicted molar refractivity (Wildman–Crippen MR) is 73.7 cm³/mol. The molecule has 0 radical (unpaired) electrons. The summed E-state index contributed by atoms with van der Waals surface area (Å²) in [7, 11) is -2.48. The Bertz CT molecular complexity index is 774. The van der Waals surface area contributed by atoms with Gasteiger partial charge in [-0.05, 0) is 0 Å². The lowest BCUT2D eigenvalue weighted by Crippen LogP contribution is -2.14. The van der Waals surface area contributed by atoms with Crippen LogP contribution < -0.4 is 4.72 Å². The van der Waals surface area contributed by atoms with E-state index in [1.54, 1.807) is 0 Å². The summed E-state index contributed by atoms with van der Waals surface area (Å²) < 4.78 is 27.6. The van der Waals surface area contributed by atoms with E-state index in [1.807, 2.05) is 13.8 Å². The Balaban J connectivity index is 2.28. The second kappa shape index (κ2) is 5.20. The van der Waals surface area contributed by atoms with Gasteiger partial charge in [-0.25, -0.2) is 9.78 Å². The van der Waals surface area contributed by atoms with E-state index < -0.39 is 16.0 Å². The van der Waals surface area contributed by atoms with Crippen LogP contribution in [-0.4, -0.2) is 39.2 Å². The number of aromatic carboxylic acids is 1. The normalized spacial score (nSPS) is 11.8. The molecule has 21 heavy (non-hydrogen) atoms. The van der Waals surface area contributed by atoms with Crippen molar-refractivity contribution < 1.29 is 18.3 Å². The number of aryl methyl sites for hydroxylation is 1. The van der Waals surface area contributed by atoms with Gasteiger partial charge in [-0.15, -0.1) is 0 Å². The van der Waals surface area contributed by atoms with Gasteiger partial charge in [-0.3, -0.25) is 9.40 Å². The van der Waals surface area contributed by atoms with Crippen LogP contribution in [-0.2, 0) is 17.1 Å². The van der Waals surface area contributed by atoms with Crippen molar-refractivity contribution in [3.8, 4) is 0 Å². The zero-order valence-electron chi connectivity index (χ0n) is 11.7. The number of aromatic nitrogens is 4. The molecular weight excluding hydrogens is 298 g/mol. The molecule has 2 heterocycles. The predicted octanol–water partition coefficient (Wildman–Crippen LogP) is 0.766. The molecule has 0 saturated heterocycles. The second-order valence-corrected chi connectivity index (χ2v) is 6.39. The van der Waals surface area contributed by atoms with Crippen LogP contribution in [0.3, 0.4) is 0 Å². The number of carboxylic acids is 1. The maximum atomic E-state index is 12.1. The van der Waals surface area contributed by atoms with Crippen LogP contribution in [0, 0.1) is 0 Å². The number of anilines is 1. The number of hydrogen-bond donors (Lipinski definition) is 3. The summed E-state index contributed by atoms with van der Waals surface area (Å²) in [4.78, 5) is 17.6. The summed E-state index contributed by atoms with van der Waals surface area (Å²) in [6.45, 7) is 3.75. The van der Waals surface area contributed by atoms with Gasteiger partial charge in [0.2, 0.25) is 0 Å². The standard InChI is InChI=1S/C11H15N5O4S/c1-6(2)10-12-5-9(13-10)21(19,20)15-8-4-7(11(17)18)16(3)14-8/h4-6H,1-3H3,(H,12,13)(H,14,15)(H,17,18). The monoisotopic (exact) mass is 313 g/mol. The molecule has 0 bridgehead atoms. The molecule has 0 aliphatic carbocycles. The lowest BCUT2D eigenvalue weighted by atomic mass is 10.2. The number of nitrogens with zero attached hydrogens (tertiary/aromatic N) is 3. The molecule has 3 N–H and O–H groups in total. The van der Waals surface area contributed by atoms with Crippen molar-refractivity contribution in [3.05, 3.63) is 23.8 Å².